The summed E-state index contributed by atoms with van der Waals surface area (Å²) in [6, 6.07) is 14.4. The molecule has 0 saturated carbocycles. The number of hydrogen-bond donors (Lipinski definition) is 6. The quantitative estimate of drug-likeness (QED) is 0.0107. The third-order valence-corrected chi connectivity index (χ3v) is 12.0. The smallest absolute Gasteiger partial charge is 0.283 e. The Morgan fingerprint density at radius 1 is 0.632 bits per heavy atom. The molecular formula is C27H27N5O19S6. The molecule has 6 N–H and O–H groups in total. The van der Waals surface area contributed by atoms with Gasteiger partial charge in [0.15, 0.2) is 50.1 Å². The zero-order valence-electron chi connectivity index (χ0n) is 28.1. The third kappa shape index (κ3) is 14.0. The maximum absolute atomic E-state index is 12.9. The highest BCUT2D eigenvalue weighted by Crippen LogP contribution is 2.48. The molecule has 0 atom stereocenters. The molecule has 57 heavy (non-hydrogen) atoms. The second-order valence-corrected chi connectivity index (χ2v) is 17.8. The number of benzene rings is 4. The molecule has 0 radical (unpaired) electrons. The van der Waals surface area contributed by atoms with Crippen LogP contribution in [0.25, 0.3) is 10.8 Å². The number of sulfone groups is 2. The molecule has 0 spiro atoms. The van der Waals surface area contributed by atoms with Crippen molar-refractivity contribution in [1.82, 2.24) is 0 Å². The Balaban J connectivity index is 1.75. The van der Waals surface area contributed by atoms with Crippen molar-refractivity contribution in [2.75, 3.05) is 35.9 Å². The first-order chi connectivity index (χ1) is 27.2. The van der Waals surface area contributed by atoms with E-state index in [2.05, 4.69) is 53.9 Å². The van der Waals surface area contributed by atoms with Crippen LogP contribution in [-0.2, 0) is 66.3 Å². The number of hydrogen-bond acceptors (Lipinski definition) is 26. The Morgan fingerprint density at radius 3 is 1.67 bits per heavy atom. The van der Waals surface area contributed by atoms with Crippen molar-refractivity contribution in [3.63, 3.8) is 0 Å². The number of fused-ring (bicyclic) bond motifs is 1. The standard InChI is InChI=1S/C27H27N5O19S6/c33-27-21-7-8-23(28-16-57(41,42)43)25(31-29-17-3-1-5-19(13-17)55(37,38)11-9-44-53-50-47-35)22(21)15-24(52-49-46-34)26(27)32-30-18-4-2-6-20(14-18)56(39,40)12-10-45-54-51-48-36/h1-8,13-15,28,33-36H,9-12,16H2,(H,41,42,43). The van der Waals surface area contributed by atoms with Gasteiger partial charge in [0.25, 0.3) is 10.1 Å². The van der Waals surface area contributed by atoms with Crippen LogP contribution in [0.4, 0.5) is 28.4 Å². The first kappa shape index (κ1) is 46.1. The van der Waals surface area contributed by atoms with E-state index in [4.69, 9.17) is 24.1 Å². The van der Waals surface area contributed by atoms with Gasteiger partial charge in [-0.15, -0.1) is 23.2 Å². The molecule has 4 aromatic carbocycles. The van der Waals surface area contributed by atoms with Crippen LogP contribution in [0.3, 0.4) is 0 Å². The van der Waals surface area contributed by atoms with Gasteiger partial charge in [-0.05, 0) is 54.6 Å². The number of anilines is 1. The van der Waals surface area contributed by atoms with Gasteiger partial charge in [0.1, 0.15) is 17.3 Å². The number of phenols is 1. The number of phenolic OH excluding ortho intramolecular Hbond substituents is 1. The van der Waals surface area contributed by atoms with Crippen LogP contribution in [-0.4, -0.2) is 81.3 Å². The minimum Gasteiger partial charge on any atom is -0.505 e. The first-order valence-corrected chi connectivity index (χ1v) is 21.9. The van der Waals surface area contributed by atoms with Crippen molar-refractivity contribution in [3.8, 4) is 5.75 Å². The van der Waals surface area contributed by atoms with Gasteiger partial charge in [-0.1, -0.05) is 27.2 Å². The molecule has 0 aliphatic heterocycles. The summed E-state index contributed by atoms with van der Waals surface area (Å²) < 4.78 is 106. The fraction of sp³-hybridized carbons (Fsp3) is 0.185. The molecule has 0 aromatic heterocycles. The Morgan fingerprint density at radius 2 is 1.16 bits per heavy atom. The molecule has 0 heterocycles. The van der Waals surface area contributed by atoms with Gasteiger partial charge in [0.2, 0.25) is 0 Å². The Bertz CT molecular complexity index is 2390. The lowest BCUT2D eigenvalue weighted by Crippen LogP contribution is -2.13. The molecule has 0 fully saturated rings. The number of nitrogens with one attached hydrogen (secondary N) is 1. The van der Waals surface area contributed by atoms with Gasteiger partial charge in [-0.25, -0.2) is 32.6 Å². The maximum Gasteiger partial charge on any atom is 0.283 e. The zero-order chi connectivity index (χ0) is 41.5. The lowest BCUT2D eigenvalue weighted by atomic mass is 10.1. The third-order valence-electron chi connectivity index (χ3n) is 6.77. The van der Waals surface area contributed by atoms with Gasteiger partial charge < -0.3 is 10.4 Å². The van der Waals surface area contributed by atoms with Crippen LogP contribution in [0.5, 0.6) is 5.75 Å². The van der Waals surface area contributed by atoms with E-state index in [1.54, 1.807) is 0 Å². The molecular weight excluding hydrogens is 891 g/mol. The molecule has 0 unspecified atom stereocenters. The van der Waals surface area contributed by atoms with Crippen LogP contribution in [0, 0.1) is 0 Å². The maximum atomic E-state index is 12.9. The summed E-state index contributed by atoms with van der Waals surface area (Å²) in [6.07, 6.45) is 0. The van der Waals surface area contributed by atoms with E-state index in [1.165, 1.54) is 66.7 Å². The van der Waals surface area contributed by atoms with Crippen molar-refractivity contribution in [2.45, 2.75) is 14.7 Å². The highest BCUT2D eigenvalue weighted by molar-refractivity contribution is 7.94. The van der Waals surface area contributed by atoms with Gasteiger partial charge in [-0.2, -0.15) is 18.6 Å². The second kappa shape index (κ2) is 21.9. The summed E-state index contributed by atoms with van der Waals surface area (Å²) >= 11 is 0.730. The van der Waals surface area contributed by atoms with Gasteiger partial charge in [0, 0.05) is 10.8 Å². The summed E-state index contributed by atoms with van der Waals surface area (Å²) in [7, 11) is -12.4. The minimum atomic E-state index is -4.58. The first-order valence-electron chi connectivity index (χ1n) is 14.9. The number of nitrogens with zero attached hydrogens (tertiary/aromatic N) is 4. The van der Waals surface area contributed by atoms with Gasteiger partial charge in [-0.3, -0.25) is 12.9 Å². The lowest BCUT2D eigenvalue weighted by Gasteiger charge is -2.14. The van der Waals surface area contributed by atoms with Crippen LogP contribution in [0.1, 0.15) is 0 Å². The molecule has 310 valence electrons. The van der Waals surface area contributed by atoms with E-state index in [1.807, 2.05) is 0 Å². The van der Waals surface area contributed by atoms with Crippen molar-refractivity contribution in [2.24, 2.45) is 20.5 Å². The Hall–Kier alpha value is -3.64. The molecule has 4 rings (SSSR count). The normalized spacial score (nSPS) is 12.6. The Kier molecular flexibility index (Phi) is 17.7. The molecule has 4 aromatic rings. The van der Waals surface area contributed by atoms with E-state index in [-0.39, 0.29) is 91.8 Å². The van der Waals surface area contributed by atoms with Crippen molar-refractivity contribution in [1.29, 1.82) is 0 Å². The average Bonchev–Trinajstić information content (AvgIpc) is 3.18. The fourth-order valence-corrected chi connectivity index (χ4v) is 8.10. The summed E-state index contributed by atoms with van der Waals surface area (Å²) in [5.74, 6) is -2.57. The second-order valence-electron chi connectivity index (χ2n) is 10.4. The van der Waals surface area contributed by atoms with E-state index in [9.17, 15) is 34.9 Å². The van der Waals surface area contributed by atoms with E-state index in [0.29, 0.717) is 12.0 Å². The number of aromatic hydroxyl groups is 1. The summed E-state index contributed by atoms with van der Waals surface area (Å²) in [6.45, 7) is -0.708. The molecule has 0 amide bonds. The highest BCUT2D eigenvalue weighted by atomic mass is 32.2. The van der Waals surface area contributed by atoms with Crippen LogP contribution in [0.15, 0.2) is 102 Å². The lowest BCUT2D eigenvalue weighted by molar-refractivity contribution is -0.434. The molecule has 0 aliphatic rings. The van der Waals surface area contributed by atoms with Crippen LogP contribution in [0.2, 0.25) is 0 Å². The average molecular weight is 918 g/mol. The molecule has 0 bridgehead atoms. The molecule has 30 heteroatoms. The van der Waals surface area contributed by atoms with Crippen LogP contribution >= 0.6 is 36.7 Å². The highest BCUT2D eigenvalue weighted by Gasteiger charge is 2.21. The molecule has 0 saturated heterocycles. The van der Waals surface area contributed by atoms with Crippen molar-refractivity contribution < 1.29 is 87.2 Å². The fourth-order valence-electron chi connectivity index (χ4n) is 4.38. The zero-order valence-corrected chi connectivity index (χ0v) is 33.0. The Labute approximate surface area is 334 Å². The monoisotopic (exact) mass is 917 g/mol. The topological polar surface area (TPSA) is 339 Å². The largest absolute Gasteiger partial charge is 0.505 e. The minimum absolute atomic E-state index is 0.00310. The SMILES string of the molecule is O=S(=O)(O)CNc1ccc2c(O)c(N=Nc3cccc(S(=O)(=O)CCOSOOO)c3)c(SOOO)cc2c1N=Nc1cccc(S(=O)(=O)CCOSOOO)c1. The summed E-state index contributed by atoms with van der Waals surface area (Å²) in [4.78, 5) is -0.450. The molecule has 24 nitrogen and oxygen atoms in total. The van der Waals surface area contributed by atoms with E-state index in [0.717, 1.165) is 0 Å². The number of rotatable bonds is 24. The van der Waals surface area contributed by atoms with Crippen molar-refractivity contribution in [3.05, 3.63) is 66.7 Å². The van der Waals surface area contributed by atoms with E-state index >= 15 is 0 Å². The van der Waals surface area contributed by atoms with Gasteiger partial charge >= 0.3 is 0 Å². The molecule has 0 aliphatic carbocycles. The van der Waals surface area contributed by atoms with Crippen LogP contribution < -0.4 is 5.32 Å². The predicted molar refractivity (Wildman–Crippen MR) is 198 cm³/mol. The van der Waals surface area contributed by atoms with Gasteiger partial charge in [0.05, 0.1) is 68.5 Å². The van der Waals surface area contributed by atoms with Crippen molar-refractivity contribution >= 4 is 106 Å². The van der Waals surface area contributed by atoms with E-state index < -0.39 is 52.9 Å². The summed E-state index contributed by atoms with van der Waals surface area (Å²) in [5, 5.41) is 65.9. The predicted octanol–water partition coefficient (Wildman–Crippen LogP) is 6.61. The summed E-state index contributed by atoms with van der Waals surface area (Å²) in [5.41, 5.74) is -0.465. The number of azo groups is 2.